The molecule has 1 aromatic carbocycles. The molecule has 33 heavy (non-hydrogen) atoms. The van der Waals surface area contributed by atoms with Gasteiger partial charge in [-0.25, -0.2) is 19.9 Å². The van der Waals surface area contributed by atoms with Gasteiger partial charge in [0.15, 0.2) is 11.5 Å². The highest BCUT2D eigenvalue weighted by Gasteiger charge is 2.27. The van der Waals surface area contributed by atoms with Gasteiger partial charge in [0.1, 0.15) is 17.5 Å². The van der Waals surface area contributed by atoms with Crippen LogP contribution in [-0.4, -0.2) is 62.0 Å². The van der Waals surface area contributed by atoms with Gasteiger partial charge >= 0.3 is 0 Å². The number of halogens is 1. The molecule has 3 aromatic heterocycles. The first-order valence-electron chi connectivity index (χ1n) is 10.9. The van der Waals surface area contributed by atoms with Gasteiger partial charge in [0.2, 0.25) is 0 Å². The Bertz CT molecular complexity index is 1320. The van der Waals surface area contributed by atoms with E-state index in [4.69, 9.17) is 21.3 Å². The lowest BCUT2D eigenvalue weighted by molar-refractivity contribution is 0.0360. The van der Waals surface area contributed by atoms with Crippen LogP contribution in [0.15, 0.2) is 36.9 Å². The fourth-order valence-electron chi connectivity index (χ4n) is 4.22. The van der Waals surface area contributed by atoms with Gasteiger partial charge in [-0.2, -0.15) is 0 Å². The number of imidazole rings is 1. The molecule has 1 fully saturated rings. The average Bonchev–Trinajstić information content (AvgIpc) is 3.33. The maximum Gasteiger partial charge on any atom is 0.273 e. The van der Waals surface area contributed by atoms with Crippen molar-refractivity contribution in [2.75, 3.05) is 25.6 Å². The zero-order chi connectivity index (χ0) is 22.9. The van der Waals surface area contributed by atoms with Crippen LogP contribution in [0.5, 0.6) is 0 Å². The fraction of sp³-hybridized carbons (Fsp3) is 0.348. The van der Waals surface area contributed by atoms with Crippen LogP contribution in [0.3, 0.4) is 0 Å². The largest absolute Gasteiger partial charge is 0.381 e. The normalized spacial score (nSPS) is 15.6. The second-order valence-electron chi connectivity index (χ2n) is 8.18. The first-order chi connectivity index (χ1) is 16.0. The van der Waals surface area contributed by atoms with E-state index in [9.17, 15) is 4.79 Å². The number of anilines is 1. The molecule has 0 radical (unpaired) electrons. The molecule has 0 aliphatic carbocycles. The van der Waals surface area contributed by atoms with Crippen LogP contribution in [0.2, 0.25) is 5.02 Å². The highest BCUT2D eigenvalue weighted by Crippen LogP contribution is 2.31. The van der Waals surface area contributed by atoms with E-state index in [-0.39, 0.29) is 18.0 Å². The van der Waals surface area contributed by atoms with Gasteiger partial charge in [-0.3, -0.25) is 4.79 Å². The Morgan fingerprint density at radius 1 is 1.27 bits per heavy atom. The topological polar surface area (TPSA) is 109 Å². The van der Waals surface area contributed by atoms with Gasteiger partial charge in [0.25, 0.3) is 5.91 Å². The summed E-state index contributed by atoms with van der Waals surface area (Å²) in [5, 5.41) is 5.38. The Balaban J connectivity index is 1.53. The Hall–Kier alpha value is -3.30. The molecule has 10 heteroatoms. The van der Waals surface area contributed by atoms with E-state index in [0.29, 0.717) is 52.0 Å². The van der Waals surface area contributed by atoms with E-state index in [2.05, 4.69) is 25.3 Å². The van der Waals surface area contributed by atoms with Gasteiger partial charge in [0, 0.05) is 31.7 Å². The van der Waals surface area contributed by atoms with Crippen LogP contribution in [0.25, 0.3) is 21.9 Å². The third kappa shape index (κ3) is 4.09. The minimum atomic E-state index is -0.247. The second kappa shape index (κ2) is 8.92. The van der Waals surface area contributed by atoms with Crippen molar-refractivity contribution in [1.29, 1.82) is 0 Å². The number of H-pyrrole nitrogens is 1. The molecule has 1 aliphatic rings. The summed E-state index contributed by atoms with van der Waals surface area (Å²) in [5.41, 5.74) is 2.34. The summed E-state index contributed by atoms with van der Waals surface area (Å²) < 4.78 is 5.46. The van der Waals surface area contributed by atoms with Gasteiger partial charge in [0.05, 0.1) is 23.1 Å². The Morgan fingerprint density at radius 2 is 2.09 bits per heavy atom. The van der Waals surface area contributed by atoms with Crippen LogP contribution < -0.4 is 5.32 Å². The van der Waals surface area contributed by atoms with Crippen LogP contribution >= 0.6 is 11.6 Å². The predicted octanol–water partition coefficient (Wildman–Crippen LogP) is 3.98. The summed E-state index contributed by atoms with van der Waals surface area (Å²) in [7, 11) is 1.83. The summed E-state index contributed by atoms with van der Waals surface area (Å²) in [6.45, 7) is 3.27. The number of ether oxygens (including phenoxy) is 1. The van der Waals surface area contributed by atoms with Crippen molar-refractivity contribution in [3.8, 4) is 0 Å². The maximum atomic E-state index is 13.6. The third-order valence-corrected chi connectivity index (χ3v) is 6.42. The lowest BCUT2D eigenvalue weighted by Crippen LogP contribution is -2.41. The Kier molecular flexibility index (Phi) is 5.82. The summed E-state index contributed by atoms with van der Waals surface area (Å²) in [6, 6.07) is 7.42. The molecule has 170 valence electrons. The molecule has 1 aliphatic heterocycles. The molecule has 0 spiro atoms. The summed E-state index contributed by atoms with van der Waals surface area (Å²) in [6.07, 6.45) is 4.66. The number of hydrogen-bond donors (Lipinski definition) is 2. The smallest absolute Gasteiger partial charge is 0.273 e. The van der Waals surface area contributed by atoms with Crippen molar-refractivity contribution in [2.45, 2.75) is 31.8 Å². The number of nitrogens with one attached hydrogen (secondary N) is 2. The van der Waals surface area contributed by atoms with E-state index in [1.807, 2.05) is 32.2 Å². The first kappa shape index (κ1) is 21.5. The van der Waals surface area contributed by atoms with Crippen LogP contribution in [0.1, 0.15) is 42.0 Å². The van der Waals surface area contributed by atoms with Crippen LogP contribution in [0.4, 0.5) is 5.82 Å². The Labute approximate surface area is 195 Å². The minimum Gasteiger partial charge on any atom is -0.381 e. The SMILES string of the molecule is C[C@H](Nc1ncnc2[nH]cnc12)c1cc2cccc(Cl)c2c(C(=O)N(C)C2CCOCC2)n1. The number of fused-ring (bicyclic) bond motifs is 2. The number of carbonyl (C=O) groups is 1. The summed E-state index contributed by atoms with van der Waals surface area (Å²) in [4.78, 5) is 35.9. The monoisotopic (exact) mass is 465 g/mol. The van der Waals surface area contributed by atoms with Crippen LogP contribution in [-0.2, 0) is 4.74 Å². The van der Waals surface area contributed by atoms with Crippen molar-refractivity contribution >= 4 is 45.3 Å². The lowest BCUT2D eigenvalue weighted by Gasteiger charge is -2.31. The predicted molar refractivity (Wildman–Crippen MR) is 126 cm³/mol. The average molecular weight is 466 g/mol. The summed E-state index contributed by atoms with van der Waals surface area (Å²) >= 11 is 6.54. The molecule has 0 bridgehead atoms. The molecule has 2 N–H and O–H groups in total. The number of rotatable bonds is 5. The van der Waals surface area contributed by atoms with Gasteiger partial charge in [-0.05, 0) is 37.3 Å². The van der Waals surface area contributed by atoms with Gasteiger partial charge < -0.3 is 19.9 Å². The summed E-state index contributed by atoms with van der Waals surface area (Å²) in [5.74, 6) is 0.444. The number of nitrogens with zero attached hydrogens (tertiary/aromatic N) is 5. The maximum absolute atomic E-state index is 13.6. The van der Waals surface area contributed by atoms with Crippen molar-refractivity contribution < 1.29 is 9.53 Å². The number of benzene rings is 1. The zero-order valence-corrected chi connectivity index (χ0v) is 19.1. The molecule has 1 saturated heterocycles. The van der Waals surface area contributed by atoms with E-state index < -0.39 is 0 Å². The first-order valence-corrected chi connectivity index (χ1v) is 11.3. The molecular formula is C23H24ClN7O2. The van der Waals surface area contributed by atoms with E-state index in [1.54, 1.807) is 17.3 Å². The van der Waals surface area contributed by atoms with Crippen molar-refractivity contribution in [1.82, 2.24) is 29.8 Å². The molecule has 5 rings (SSSR count). The van der Waals surface area contributed by atoms with E-state index in [1.165, 1.54) is 6.33 Å². The molecule has 4 aromatic rings. The van der Waals surface area contributed by atoms with Gasteiger partial charge in [-0.1, -0.05) is 23.7 Å². The third-order valence-electron chi connectivity index (χ3n) is 6.10. The number of hydrogen-bond acceptors (Lipinski definition) is 7. The van der Waals surface area contributed by atoms with Crippen molar-refractivity contribution in [2.24, 2.45) is 0 Å². The number of aromatic amines is 1. The number of amides is 1. The molecule has 1 atom stereocenters. The molecule has 1 amide bonds. The Morgan fingerprint density at radius 3 is 2.91 bits per heavy atom. The molecule has 0 unspecified atom stereocenters. The zero-order valence-electron chi connectivity index (χ0n) is 18.4. The quantitative estimate of drug-likeness (QED) is 0.458. The number of pyridine rings is 1. The van der Waals surface area contributed by atoms with Crippen LogP contribution in [0, 0.1) is 0 Å². The van der Waals surface area contributed by atoms with Crippen molar-refractivity contribution in [3.05, 3.63) is 53.3 Å². The van der Waals surface area contributed by atoms with E-state index in [0.717, 1.165) is 18.2 Å². The highest BCUT2D eigenvalue weighted by atomic mass is 35.5. The van der Waals surface area contributed by atoms with E-state index >= 15 is 0 Å². The number of carbonyl (C=O) groups excluding carboxylic acids is 1. The fourth-order valence-corrected chi connectivity index (χ4v) is 4.49. The molecule has 9 nitrogen and oxygen atoms in total. The number of aromatic nitrogens is 5. The lowest BCUT2D eigenvalue weighted by atomic mass is 10.0. The second-order valence-corrected chi connectivity index (χ2v) is 8.59. The minimum absolute atomic E-state index is 0.110. The standard InChI is InChI=1S/C23H24ClN7O2/c1-13(29-22-20-21(26-11-25-20)27-12-28-22)17-10-14-4-3-5-16(24)18(14)19(30-17)23(32)31(2)15-6-8-33-9-7-15/h3-5,10-13,15H,6-9H2,1-2H3,(H2,25,26,27,28,29)/t13-/m0/s1. The molecule has 0 saturated carbocycles. The molecule has 4 heterocycles. The highest BCUT2D eigenvalue weighted by molar-refractivity contribution is 6.36. The van der Waals surface area contributed by atoms with Crippen molar-refractivity contribution in [3.63, 3.8) is 0 Å². The molecular weight excluding hydrogens is 442 g/mol. The van der Waals surface area contributed by atoms with Gasteiger partial charge in [-0.15, -0.1) is 0 Å².